The van der Waals surface area contributed by atoms with Crippen molar-refractivity contribution in [2.75, 3.05) is 73.6 Å². The molecular formula is C21H34N4O5. The van der Waals surface area contributed by atoms with Gasteiger partial charge in [0.05, 0.1) is 13.2 Å². The van der Waals surface area contributed by atoms with Crippen LogP contribution in [0.15, 0.2) is 18.2 Å². The summed E-state index contributed by atoms with van der Waals surface area (Å²) >= 11 is 0. The van der Waals surface area contributed by atoms with Gasteiger partial charge in [0, 0.05) is 66.5 Å². The van der Waals surface area contributed by atoms with Crippen LogP contribution in [0.5, 0.6) is 11.5 Å². The standard InChI is InChI=1S/C21H34N4O5/c1-22(2)21(28)25-8-6-23(7-9-25)14-18(27)15-30-19-5-4-16(10-20(19)29-3)11-24-12-17(26)13-24/h4-5,10,17-18,26-27H,6-9,11-15H2,1-3H3. The summed E-state index contributed by atoms with van der Waals surface area (Å²) in [4.78, 5) is 19.7. The molecule has 2 aliphatic rings. The number of ether oxygens (including phenoxy) is 2. The van der Waals surface area contributed by atoms with Crippen molar-refractivity contribution in [3.8, 4) is 11.5 Å². The molecule has 2 amide bonds. The van der Waals surface area contributed by atoms with E-state index in [4.69, 9.17) is 9.47 Å². The summed E-state index contributed by atoms with van der Waals surface area (Å²) in [7, 11) is 5.11. The van der Waals surface area contributed by atoms with Gasteiger partial charge in [-0.2, -0.15) is 0 Å². The fraction of sp³-hybridized carbons (Fsp3) is 0.667. The van der Waals surface area contributed by atoms with Gasteiger partial charge in [0.1, 0.15) is 12.7 Å². The lowest BCUT2D eigenvalue weighted by molar-refractivity contribution is -0.00290. The second-order valence-corrected chi connectivity index (χ2v) is 8.26. The van der Waals surface area contributed by atoms with Crippen molar-refractivity contribution in [3.63, 3.8) is 0 Å². The molecule has 1 atom stereocenters. The Labute approximate surface area is 178 Å². The fourth-order valence-electron chi connectivity index (χ4n) is 3.80. The van der Waals surface area contributed by atoms with Crippen molar-refractivity contribution in [2.24, 2.45) is 0 Å². The van der Waals surface area contributed by atoms with E-state index in [0.717, 1.165) is 25.2 Å². The summed E-state index contributed by atoms with van der Waals surface area (Å²) in [6.45, 7) is 5.63. The lowest BCUT2D eigenvalue weighted by Gasteiger charge is -2.36. The SMILES string of the molecule is COc1cc(CN2CC(O)C2)ccc1OCC(O)CN1CCN(C(=O)N(C)C)CC1. The molecule has 0 aliphatic carbocycles. The van der Waals surface area contributed by atoms with Gasteiger partial charge in [-0.05, 0) is 17.7 Å². The Morgan fingerprint density at radius 2 is 1.87 bits per heavy atom. The normalized spacial score (nSPS) is 19.3. The number of piperazine rings is 1. The molecule has 2 heterocycles. The highest BCUT2D eigenvalue weighted by Gasteiger charge is 2.25. The Hall–Kier alpha value is -2.07. The second kappa shape index (κ2) is 10.3. The van der Waals surface area contributed by atoms with E-state index in [2.05, 4.69) is 9.80 Å². The molecular weight excluding hydrogens is 388 g/mol. The average Bonchev–Trinajstić information content (AvgIpc) is 2.71. The molecule has 0 radical (unpaired) electrons. The van der Waals surface area contributed by atoms with E-state index in [1.165, 1.54) is 0 Å². The lowest BCUT2D eigenvalue weighted by Crippen LogP contribution is -2.53. The number of hydrogen-bond acceptors (Lipinski definition) is 7. The van der Waals surface area contributed by atoms with Gasteiger partial charge in [0.15, 0.2) is 11.5 Å². The topological polar surface area (TPSA) is 89.0 Å². The van der Waals surface area contributed by atoms with Gasteiger partial charge < -0.3 is 29.5 Å². The van der Waals surface area contributed by atoms with E-state index in [0.29, 0.717) is 44.2 Å². The molecule has 168 valence electrons. The lowest BCUT2D eigenvalue weighted by atomic mass is 10.1. The molecule has 2 aliphatic heterocycles. The van der Waals surface area contributed by atoms with E-state index in [9.17, 15) is 15.0 Å². The molecule has 0 aromatic heterocycles. The molecule has 2 N–H and O–H groups in total. The van der Waals surface area contributed by atoms with Crippen LogP contribution < -0.4 is 9.47 Å². The maximum Gasteiger partial charge on any atom is 0.319 e. The minimum atomic E-state index is -0.631. The maximum absolute atomic E-state index is 12.0. The summed E-state index contributed by atoms with van der Waals surface area (Å²) < 4.78 is 11.3. The smallest absolute Gasteiger partial charge is 0.319 e. The predicted molar refractivity (Wildman–Crippen MR) is 113 cm³/mol. The summed E-state index contributed by atoms with van der Waals surface area (Å²) in [6, 6.07) is 5.81. The van der Waals surface area contributed by atoms with Gasteiger partial charge >= 0.3 is 6.03 Å². The predicted octanol–water partition coefficient (Wildman–Crippen LogP) is -0.0894. The number of likely N-dealkylation sites (tertiary alicyclic amines) is 1. The molecule has 2 fully saturated rings. The van der Waals surface area contributed by atoms with Gasteiger partial charge in [-0.1, -0.05) is 6.07 Å². The van der Waals surface area contributed by atoms with Crippen LogP contribution in [-0.4, -0.2) is 122 Å². The van der Waals surface area contributed by atoms with Crippen LogP contribution in [0, 0.1) is 0 Å². The molecule has 9 heteroatoms. The number of amides is 2. The monoisotopic (exact) mass is 422 g/mol. The molecule has 3 rings (SSSR count). The molecule has 9 nitrogen and oxygen atoms in total. The van der Waals surface area contributed by atoms with Gasteiger partial charge in [-0.15, -0.1) is 0 Å². The van der Waals surface area contributed by atoms with Crippen LogP contribution in [0.3, 0.4) is 0 Å². The first-order valence-electron chi connectivity index (χ1n) is 10.4. The van der Waals surface area contributed by atoms with E-state index in [1.807, 2.05) is 23.1 Å². The van der Waals surface area contributed by atoms with Crippen LogP contribution in [0.25, 0.3) is 0 Å². The Morgan fingerprint density at radius 3 is 2.47 bits per heavy atom. The van der Waals surface area contributed by atoms with E-state index >= 15 is 0 Å². The van der Waals surface area contributed by atoms with Crippen molar-refractivity contribution in [3.05, 3.63) is 23.8 Å². The molecule has 2 saturated heterocycles. The van der Waals surface area contributed by atoms with E-state index < -0.39 is 6.10 Å². The largest absolute Gasteiger partial charge is 0.493 e. The molecule has 0 spiro atoms. The van der Waals surface area contributed by atoms with Gasteiger partial charge in [0.25, 0.3) is 0 Å². The van der Waals surface area contributed by atoms with E-state index in [-0.39, 0.29) is 18.7 Å². The molecule has 0 saturated carbocycles. The fourth-order valence-corrected chi connectivity index (χ4v) is 3.80. The number of β-amino-alcohol motifs (C(OH)–C–C–N with tert-alkyl or cyclic N) is 2. The minimum Gasteiger partial charge on any atom is -0.493 e. The third kappa shape index (κ3) is 5.98. The van der Waals surface area contributed by atoms with E-state index in [1.54, 1.807) is 26.1 Å². The third-order valence-electron chi connectivity index (χ3n) is 5.50. The van der Waals surface area contributed by atoms with Crippen LogP contribution in [0.2, 0.25) is 0 Å². The minimum absolute atomic E-state index is 0.0272. The van der Waals surface area contributed by atoms with Gasteiger partial charge in [-0.25, -0.2) is 4.79 Å². The van der Waals surface area contributed by atoms with Crippen molar-refractivity contribution in [1.82, 2.24) is 19.6 Å². The first kappa shape index (κ1) is 22.6. The maximum atomic E-state index is 12.0. The van der Waals surface area contributed by atoms with Crippen molar-refractivity contribution < 1.29 is 24.5 Å². The number of carbonyl (C=O) groups is 1. The number of benzene rings is 1. The molecule has 1 unspecified atom stereocenters. The summed E-state index contributed by atoms with van der Waals surface area (Å²) in [5.41, 5.74) is 1.09. The first-order valence-corrected chi connectivity index (χ1v) is 10.4. The number of rotatable bonds is 8. The second-order valence-electron chi connectivity index (χ2n) is 8.26. The molecule has 1 aromatic rings. The Balaban J connectivity index is 1.43. The molecule has 30 heavy (non-hydrogen) atoms. The Morgan fingerprint density at radius 1 is 1.17 bits per heavy atom. The number of urea groups is 1. The van der Waals surface area contributed by atoms with Crippen LogP contribution >= 0.6 is 0 Å². The number of nitrogens with zero attached hydrogens (tertiary/aromatic N) is 4. The van der Waals surface area contributed by atoms with Crippen LogP contribution in [-0.2, 0) is 6.54 Å². The number of aliphatic hydroxyl groups excluding tert-OH is 2. The Kier molecular flexibility index (Phi) is 7.76. The van der Waals surface area contributed by atoms with Crippen LogP contribution in [0.4, 0.5) is 4.79 Å². The zero-order valence-electron chi connectivity index (χ0n) is 18.2. The quantitative estimate of drug-likeness (QED) is 0.605. The highest BCUT2D eigenvalue weighted by Crippen LogP contribution is 2.29. The number of carbonyl (C=O) groups excluding carboxylic acids is 1. The Bertz CT molecular complexity index is 703. The highest BCUT2D eigenvalue weighted by molar-refractivity contribution is 5.73. The third-order valence-corrected chi connectivity index (χ3v) is 5.50. The summed E-state index contributed by atoms with van der Waals surface area (Å²) in [5, 5.41) is 19.8. The first-order chi connectivity index (χ1) is 14.4. The van der Waals surface area contributed by atoms with Crippen LogP contribution in [0.1, 0.15) is 5.56 Å². The average molecular weight is 423 g/mol. The number of aliphatic hydroxyl groups is 2. The molecule has 0 bridgehead atoms. The molecule has 1 aromatic carbocycles. The number of hydrogen-bond donors (Lipinski definition) is 2. The van der Waals surface area contributed by atoms with Crippen molar-refractivity contribution in [2.45, 2.75) is 18.8 Å². The highest BCUT2D eigenvalue weighted by atomic mass is 16.5. The van der Waals surface area contributed by atoms with Crippen molar-refractivity contribution in [1.29, 1.82) is 0 Å². The van der Waals surface area contributed by atoms with Gasteiger partial charge in [0.2, 0.25) is 0 Å². The zero-order valence-corrected chi connectivity index (χ0v) is 18.2. The number of methoxy groups -OCH3 is 1. The summed E-state index contributed by atoms with van der Waals surface area (Å²) in [5.74, 6) is 1.24. The summed E-state index contributed by atoms with van der Waals surface area (Å²) in [6.07, 6.45) is -0.847. The van der Waals surface area contributed by atoms with Gasteiger partial charge in [-0.3, -0.25) is 9.80 Å². The van der Waals surface area contributed by atoms with Crippen molar-refractivity contribution >= 4 is 6.03 Å². The zero-order chi connectivity index (χ0) is 21.7.